The van der Waals surface area contributed by atoms with Crippen molar-refractivity contribution in [3.8, 4) is 0 Å². The van der Waals surface area contributed by atoms with Gasteiger partial charge >= 0.3 is 0 Å². The van der Waals surface area contributed by atoms with Gasteiger partial charge in [-0.1, -0.05) is 36.7 Å². The van der Waals surface area contributed by atoms with Crippen LogP contribution in [0.15, 0.2) is 24.3 Å². The molecular formula is C12H19ClN2. The molecule has 1 unspecified atom stereocenters. The largest absolute Gasteiger partial charge is 0.330 e. The van der Waals surface area contributed by atoms with E-state index in [9.17, 15) is 0 Å². The van der Waals surface area contributed by atoms with Crippen molar-refractivity contribution in [1.82, 2.24) is 0 Å². The Bertz CT molecular complexity index is 297. The topological polar surface area (TPSA) is 52.0 Å². The van der Waals surface area contributed by atoms with Gasteiger partial charge in [0.25, 0.3) is 0 Å². The van der Waals surface area contributed by atoms with Crippen molar-refractivity contribution in [3.63, 3.8) is 0 Å². The van der Waals surface area contributed by atoms with E-state index in [-0.39, 0.29) is 0 Å². The van der Waals surface area contributed by atoms with Crippen LogP contribution < -0.4 is 11.5 Å². The molecule has 1 aromatic carbocycles. The maximum absolute atomic E-state index is 6.13. The van der Waals surface area contributed by atoms with Crippen molar-refractivity contribution < 1.29 is 0 Å². The molecule has 0 heterocycles. The minimum atomic E-state index is 0.385. The van der Waals surface area contributed by atoms with Crippen LogP contribution in [0.3, 0.4) is 0 Å². The summed E-state index contributed by atoms with van der Waals surface area (Å²) in [6, 6.07) is 7.95. The van der Waals surface area contributed by atoms with Crippen LogP contribution in [-0.2, 0) is 0 Å². The molecule has 1 atom stereocenters. The lowest BCUT2D eigenvalue weighted by Crippen LogP contribution is -2.24. The van der Waals surface area contributed by atoms with E-state index in [2.05, 4.69) is 13.0 Å². The molecule has 0 aliphatic rings. The normalized spacial score (nSPS) is 13.1. The Labute approximate surface area is 96.6 Å². The number of hydrogen-bond acceptors (Lipinski definition) is 2. The molecule has 0 amide bonds. The van der Waals surface area contributed by atoms with Crippen LogP contribution in [0.1, 0.15) is 24.8 Å². The smallest absolute Gasteiger partial charge is 0.0440 e. The number of hydrogen-bond donors (Lipinski definition) is 2. The van der Waals surface area contributed by atoms with Crippen LogP contribution in [0.4, 0.5) is 0 Å². The van der Waals surface area contributed by atoms with Crippen molar-refractivity contribution in [1.29, 1.82) is 0 Å². The summed E-state index contributed by atoms with van der Waals surface area (Å²) < 4.78 is 0. The molecule has 0 saturated heterocycles. The van der Waals surface area contributed by atoms with E-state index in [0.29, 0.717) is 24.9 Å². The van der Waals surface area contributed by atoms with Gasteiger partial charge in [0.15, 0.2) is 0 Å². The molecule has 1 rings (SSSR count). The van der Waals surface area contributed by atoms with E-state index < -0.39 is 0 Å². The van der Waals surface area contributed by atoms with E-state index in [1.165, 1.54) is 5.56 Å². The summed E-state index contributed by atoms with van der Waals surface area (Å²) in [7, 11) is 0. The molecule has 0 aromatic heterocycles. The van der Waals surface area contributed by atoms with Gasteiger partial charge in [-0.2, -0.15) is 0 Å². The molecule has 0 aliphatic carbocycles. The van der Waals surface area contributed by atoms with E-state index in [4.69, 9.17) is 23.1 Å². The van der Waals surface area contributed by atoms with Crippen molar-refractivity contribution >= 4 is 11.6 Å². The van der Waals surface area contributed by atoms with Gasteiger partial charge in [0, 0.05) is 5.02 Å². The molecule has 0 fully saturated rings. The summed E-state index contributed by atoms with van der Waals surface area (Å²) in [5, 5.41) is 0.831. The average molecular weight is 227 g/mol. The molecule has 1 aromatic rings. The predicted molar refractivity (Wildman–Crippen MR) is 66.1 cm³/mol. The lowest BCUT2D eigenvalue weighted by Gasteiger charge is -2.19. The molecule has 84 valence electrons. The lowest BCUT2D eigenvalue weighted by atomic mass is 9.90. The monoisotopic (exact) mass is 226 g/mol. The maximum atomic E-state index is 6.13. The summed E-state index contributed by atoms with van der Waals surface area (Å²) in [6.45, 7) is 3.45. The number of nitrogens with two attached hydrogens (primary N) is 2. The quantitative estimate of drug-likeness (QED) is 0.810. The van der Waals surface area contributed by atoms with Gasteiger partial charge in [-0.05, 0) is 43.0 Å². The third-order valence-electron chi connectivity index (χ3n) is 2.79. The molecule has 0 spiro atoms. The van der Waals surface area contributed by atoms with Gasteiger partial charge in [0.05, 0.1) is 0 Å². The van der Waals surface area contributed by atoms with Crippen LogP contribution in [-0.4, -0.2) is 13.1 Å². The summed E-state index contributed by atoms with van der Waals surface area (Å²) in [5.74, 6) is 0.798. The molecule has 2 nitrogen and oxygen atoms in total. The highest BCUT2D eigenvalue weighted by Crippen LogP contribution is 2.28. The van der Waals surface area contributed by atoms with Gasteiger partial charge in [-0.15, -0.1) is 0 Å². The first kappa shape index (κ1) is 12.5. The molecule has 15 heavy (non-hydrogen) atoms. The second-order valence-electron chi connectivity index (χ2n) is 4.00. The zero-order valence-corrected chi connectivity index (χ0v) is 9.87. The summed E-state index contributed by atoms with van der Waals surface area (Å²) in [4.78, 5) is 0. The third kappa shape index (κ3) is 3.49. The van der Waals surface area contributed by atoms with E-state index in [0.717, 1.165) is 11.4 Å². The molecule has 0 aliphatic heterocycles. The Morgan fingerprint density at radius 2 is 1.80 bits per heavy atom. The van der Waals surface area contributed by atoms with Gasteiger partial charge in [0.2, 0.25) is 0 Å². The standard InChI is InChI=1S/C12H19ClN2/c1-9(6-10(7-14)8-15)11-4-2-3-5-12(11)13/h2-5,9-10H,6-8,14-15H2,1H3. The minimum absolute atomic E-state index is 0.385. The van der Waals surface area contributed by atoms with Crippen molar-refractivity contribution in [3.05, 3.63) is 34.9 Å². The third-order valence-corrected chi connectivity index (χ3v) is 3.13. The zero-order valence-electron chi connectivity index (χ0n) is 9.12. The van der Waals surface area contributed by atoms with Crippen LogP contribution in [0.5, 0.6) is 0 Å². The highest BCUT2D eigenvalue weighted by Gasteiger charge is 2.14. The molecular weight excluding hydrogens is 208 g/mol. The van der Waals surface area contributed by atoms with Crippen LogP contribution in [0.25, 0.3) is 0 Å². The lowest BCUT2D eigenvalue weighted by molar-refractivity contribution is 0.465. The Morgan fingerprint density at radius 3 is 2.33 bits per heavy atom. The highest BCUT2D eigenvalue weighted by atomic mass is 35.5. The molecule has 4 N–H and O–H groups in total. The average Bonchev–Trinajstić information content (AvgIpc) is 2.26. The molecule has 0 bridgehead atoms. The number of benzene rings is 1. The van der Waals surface area contributed by atoms with Crippen LogP contribution in [0, 0.1) is 5.92 Å². The molecule has 0 radical (unpaired) electrons. The Hall–Kier alpha value is -0.570. The van der Waals surface area contributed by atoms with Crippen LogP contribution >= 0.6 is 11.6 Å². The van der Waals surface area contributed by atoms with Gasteiger partial charge in [0.1, 0.15) is 0 Å². The summed E-state index contributed by atoms with van der Waals surface area (Å²) >= 11 is 6.13. The van der Waals surface area contributed by atoms with Gasteiger partial charge < -0.3 is 11.5 Å². The Kier molecular flexibility index (Phi) is 5.09. The minimum Gasteiger partial charge on any atom is -0.330 e. The maximum Gasteiger partial charge on any atom is 0.0440 e. The first-order valence-corrected chi connectivity index (χ1v) is 5.71. The number of halogens is 1. The van der Waals surface area contributed by atoms with Gasteiger partial charge in [-0.3, -0.25) is 0 Å². The fraction of sp³-hybridized carbons (Fsp3) is 0.500. The first-order chi connectivity index (χ1) is 7.19. The van der Waals surface area contributed by atoms with Gasteiger partial charge in [-0.25, -0.2) is 0 Å². The fourth-order valence-electron chi connectivity index (χ4n) is 1.79. The second-order valence-corrected chi connectivity index (χ2v) is 4.40. The van der Waals surface area contributed by atoms with Crippen molar-refractivity contribution in [2.75, 3.05) is 13.1 Å². The highest BCUT2D eigenvalue weighted by molar-refractivity contribution is 6.31. The predicted octanol–water partition coefficient (Wildman–Crippen LogP) is 2.37. The number of rotatable bonds is 5. The SMILES string of the molecule is CC(CC(CN)CN)c1ccccc1Cl. The van der Waals surface area contributed by atoms with E-state index in [1.807, 2.05) is 18.2 Å². The zero-order chi connectivity index (χ0) is 11.3. The summed E-state index contributed by atoms with van der Waals surface area (Å²) in [5.41, 5.74) is 12.5. The first-order valence-electron chi connectivity index (χ1n) is 5.33. The molecule has 3 heteroatoms. The Balaban J connectivity index is 2.68. The van der Waals surface area contributed by atoms with E-state index >= 15 is 0 Å². The second kappa shape index (κ2) is 6.11. The van der Waals surface area contributed by atoms with E-state index in [1.54, 1.807) is 0 Å². The Morgan fingerprint density at radius 1 is 1.20 bits per heavy atom. The van der Waals surface area contributed by atoms with Crippen LogP contribution in [0.2, 0.25) is 5.02 Å². The van der Waals surface area contributed by atoms with Crippen molar-refractivity contribution in [2.45, 2.75) is 19.3 Å². The molecule has 0 saturated carbocycles. The van der Waals surface area contributed by atoms with Crippen molar-refractivity contribution in [2.24, 2.45) is 17.4 Å². The fourth-order valence-corrected chi connectivity index (χ4v) is 2.11. The summed E-state index contributed by atoms with van der Waals surface area (Å²) in [6.07, 6.45) is 0.997.